The molecule has 9 heteroatoms. The van der Waals surface area contributed by atoms with Crippen LogP contribution in [0, 0.1) is 5.92 Å². The zero-order valence-corrected chi connectivity index (χ0v) is 22.8. The average molecular weight is 528 g/mol. The van der Waals surface area contributed by atoms with Crippen LogP contribution in [0.5, 0.6) is 0 Å². The minimum Gasteiger partial charge on any atom is -0.300 e. The summed E-state index contributed by atoms with van der Waals surface area (Å²) in [4.78, 5) is 31.2. The molecule has 0 spiro atoms. The maximum atomic E-state index is 13.9. The van der Waals surface area contributed by atoms with E-state index < -0.39 is 0 Å². The summed E-state index contributed by atoms with van der Waals surface area (Å²) in [5.74, 6) is 0.687. The van der Waals surface area contributed by atoms with Crippen LogP contribution < -0.4 is 5.69 Å². The Bertz CT molecular complexity index is 1440. The third kappa shape index (κ3) is 5.92. The van der Waals surface area contributed by atoms with E-state index in [1.165, 1.54) is 0 Å². The summed E-state index contributed by atoms with van der Waals surface area (Å²) in [6.45, 7) is 4.24. The smallest absolute Gasteiger partial charge is 0.300 e. The monoisotopic (exact) mass is 527 g/mol. The Morgan fingerprint density at radius 1 is 1.05 bits per heavy atom. The van der Waals surface area contributed by atoms with Crippen molar-refractivity contribution in [2.75, 3.05) is 0 Å². The topological polar surface area (TPSA) is 111 Å². The predicted molar refractivity (Wildman–Crippen MR) is 150 cm³/mol. The van der Waals surface area contributed by atoms with E-state index in [1.807, 2.05) is 57.9 Å². The number of pyridine rings is 1. The van der Waals surface area contributed by atoms with E-state index in [2.05, 4.69) is 27.5 Å². The van der Waals surface area contributed by atoms with Crippen molar-refractivity contribution in [3.05, 3.63) is 70.7 Å². The number of aromatic nitrogens is 7. The van der Waals surface area contributed by atoms with Crippen LogP contribution in [0.3, 0.4) is 0 Å². The van der Waals surface area contributed by atoms with Gasteiger partial charge in [0.05, 0.1) is 12.2 Å². The first kappa shape index (κ1) is 26.7. The Labute approximate surface area is 228 Å². The molecule has 1 aromatic carbocycles. The van der Waals surface area contributed by atoms with Gasteiger partial charge in [0.1, 0.15) is 5.78 Å². The Morgan fingerprint density at radius 2 is 1.85 bits per heavy atom. The molecule has 9 nitrogen and oxygen atoms in total. The van der Waals surface area contributed by atoms with Crippen LogP contribution >= 0.6 is 0 Å². The standard InChI is InChI=1S/C30H37N7O2/c1-3-4-11-24-20-37(28-15-8-6-5-7-12-25(28)21(2)38)30(39)36(24)19-23-17-16-22(18-31-23)26-13-9-10-14-27(26)29-32-34-35-33-29/h9-10,13-14,16-18,20,25,28H,3-8,11-12,15,19H2,1-2H3,(H,32,33,34,35). The van der Waals surface area contributed by atoms with Crippen LogP contribution in [0.15, 0.2) is 53.6 Å². The largest absolute Gasteiger partial charge is 0.328 e. The Balaban J connectivity index is 1.45. The van der Waals surface area contributed by atoms with Crippen LogP contribution in [-0.4, -0.2) is 40.5 Å². The number of aromatic amines is 1. The lowest BCUT2D eigenvalue weighted by Crippen LogP contribution is -2.34. The molecule has 1 saturated carbocycles. The number of benzene rings is 1. The van der Waals surface area contributed by atoms with E-state index >= 15 is 0 Å². The number of nitrogens with zero attached hydrogens (tertiary/aromatic N) is 6. The first-order valence-electron chi connectivity index (χ1n) is 14.2. The third-order valence-corrected chi connectivity index (χ3v) is 7.97. The highest BCUT2D eigenvalue weighted by Gasteiger charge is 2.30. The summed E-state index contributed by atoms with van der Waals surface area (Å²) in [7, 11) is 0. The van der Waals surface area contributed by atoms with Crippen LogP contribution in [0.2, 0.25) is 0 Å². The summed E-state index contributed by atoms with van der Waals surface area (Å²) in [6, 6.07) is 11.8. The van der Waals surface area contributed by atoms with Gasteiger partial charge in [-0.2, -0.15) is 0 Å². The molecule has 1 aliphatic rings. The lowest BCUT2D eigenvalue weighted by Gasteiger charge is -2.28. The number of nitrogens with one attached hydrogen (secondary N) is 1. The highest BCUT2D eigenvalue weighted by atomic mass is 16.2. The first-order chi connectivity index (χ1) is 19.1. The lowest BCUT2D eigenvalue weighted by molar-refractivity contribution is -0.122. The van der Waals surface area contributed by atoms with Crippen molar-refractivity contribution in [2.24, 2.45) is 5.92 Å². The third-order valence-electron chi connectivity index (χ3n) is 7.97. The highest BCUT2D eigenvalue weighted by Crippen LogP contribution is 2.33. The van der Waals surface area contributed by atoms with E-state index in [1.54, 1.807) is 6.92 Å². The summed E-state index contributed by atoms with van der Waals surface area (Å²) in [5.41, 5.74) is 4.61. The highest BCUT2D eigenvalue weighted by molar-refractivity contribution is 5.80. The van der Waals surface area contributed by atoms with Crippen LogP contribution in [0.1, 0.15) is 82.6 Å². The number of tetrazole rings is 1. The van der Waals surface area contributed by atoms with Crippen molar-refractivity contribution in [2.45, 2.75) is 84.2 Å². The van der Waals surface area contributed by atoms with Gasteiger partial charge in [0, 0.05) is 41.2 Å². The molecule has 5 rings (SSSR count). The molecule has 1 aliphatic carbocycles. The molecule has 204 valence electrons. The molecule has 0 aliphatic heterocycles. The number of carbonyl (C=O) groups is 1. The van der Waals surface area contributed by atoms with E-state index in [9.17, 15) is 9.59 Å². The second kappa shape index (κ2) is 12.3. The van der Waals surface area contributed by atoms with E-state index in [0.717, 1.165) is 85.9 Å². The molecule has 39 heavy (non-hydrogen) atoms. The summed E-state index contributed by atoms with van der Waals surface area (Å²) < 4.78 is 3.74. The fourth-order valence-corrected chi connectivity index (χ4v) is 5.84. The maximum absolute atomic E-state index is 13.9. The maximum Gasteiger partial charge on any atom is 0.328 e. The molecule has 4 aromatic rings. The Morgan fingerprint density at radius 3 is 2.54 bits per heavy atom. The number of rotatable bonds is 9. The quantitative estimate of drug-likeness (QED) is 0.313. The van der Waals surface area contributed by atoms with Crippen LogP contribution in [-0.2, 0) is 17.8 Å². The van der Waals surface area contributed by atoms with Crippen LogP contribution in [0.4, 0.5) is 0 Å². The van der Waals surface area contributed by atoms with Gasteiger partial charge < -0.3 is 0 Å². The van der Waals surface area contributed by atoms with E-state index in [4.69, 9.17) is 4.98 Å². The van der Waals surface area contributed by atoms with Crippen molar-refractivity contribution in [3.63, 3.8) is 0 Å². The number of H-pyrrole nitrogens is 1. The summed E-state index contributed by atoms with van der Waals surface area (Å²) in [5, 5.41) is 14.3. The number of aryl methyl sites for hydroxylation is 1. The molecule has 0 radical (unpaired) electrons. The minimum atomic E-state index is -0.102. The number of imidazole rings is 1. The van der Waals surface area contributed by atoms with Crippen LogP contribution in [0.25, 0.3) is 22.5 Å². The zero-order chi connectivity index (χ0) is 27.2. The Kier molecular flexibility index (Phi) is 8.44. The molecular weight excluding hydrogens is 490 g/mol. The number of unbranched alkanes of at least 4 members (excludes halogenated alkanes) is 1. The normalized spacial score (nSPS) is 18.0. The number of hydrogen-bond acceptors (Lipinski definition) is 6. The van der Waals surface area contributed by atoms with Gasteiger partial charge in [-0.1, -0.05) is 69.4 Å². The van der Waals surface area contributed by atoms with E-state index in [-0.39, 0.29) is 23.4 Å². The SMILES string of the molecule is CCCCc1cn(C2CCCCCCC2C(C)=O)c(=O)n1Cc1ccc(-c2ccccc2-c2nnn[nH]2)cn1. The molecule has 1 fully saturated rings. The van der Waals surface area contributed by atoms with Crippen molar-refractivity contribution in [1.82, 2.24) is 34.7 Å². The number of hydrogen-bond donors (Lipinski definition) is 1. The molecule has 3 aromatic heterocycles. The molecule has 1 N–H and O–H groups in total. The minimum absolute atomic E-state index is 0.0352. The van der Waals surface area contributed by atoms with Gasteiger partial charge in [0.15, 0.2) is 5.82 Å². The fourth-order valence-electron chi connectivity index (χ4n) is 5.84. The average Bonchev–Trinajstić information content (AvgIpc) is 3.57. The zero-order valence-electron chi connectivity index (χ0n) is 22.8. The number of ketones is 1. The second-order valence-electron chi connectivity index (χ2n) is 10.6. The molecule has 3 heterocycles. The Hall–Kier alpha value is -3.88. The first-order valence-corrected chi connectivity index (χ1v) is 14.2. The lowest BCUT2D eigenvalue weighted by atomic mass is 9.84. The summed E-state index contributed by atoms with van der Waals surface area (Å²) in [6.07, 6.45) is 12.9. The van der Waals surface area contributed by atoms with Gasteiger partial charge in [-0.05, 0) is 54.7 Å². The van der Waals surface area contributed by atoms with Gasteiger partial charge in [-0.15, -0.1) is 5.10 Å². The summed E-state index contributed by atoms with van der Waals surface area (Å²) >= 11 is 0. The molecular formula is C30H37N7O2. The second-order valence-corrected chi connectivity index (χ2v) is 10.6. The van der Waals surface area contributed by atoms with Gasteiger partial charge >= 0.3 is 5.69 Å². The van der Waals surface area contributed by atoms with Crippen molar-refractivity contribution >= 4 is 5.78 Å². The van der Waals surface area contributed by atoms with Crippen molar-refractivity contribution in [1.29, 1.82) is 0 Å². The van der Waals surface area contributed by atoms with E-state index in [0.29, 0.717) is 12.4 Å². The van der Waals surface area contributed by atoms with Gasteiger partial charge in [-0.3, -0.25) is 18.9 Å². The molecule has 0 saturated heterocycles. The fraction of sp³-hybridized carbons (Fsp3) is 0.467. The molecule has 2 atom stereocenters. The molecule has 0 amide bonds. The van der Waals surface area contributed by atoms with Gasteiger partial charge in [0.25, 0.3) is 0 Å². The van der Waals surface area contributed by atoms with Gasteiger partial charge in [0.2, 0.25) is 0 Å². The van der Waals surface area contributed by atoms with Crippen molar-refractivity contribution < 1.29 is 4.79 Å². The number of carbonyl (C=O) groups excluding carboxylic acids is 1. The predicted octanol–water partition coefficient (Wildman–Crippen LogP) is 5.38. The van der Waals surface area contributed by atoms with Crippen molar-refractivity contribution in [3.8, 4) is 22.5 Å². The molecule has 2 unspecified atom stereocenters. The molecule has 0 bridgehead atoms. The number of Topliss-reactive ketones (excluding diaryl/α,β-unsaturated/α-hetero) is 1. The van der Waals surface area contributed by atoms with Gasteiger partial charge in [-0.25, -0.2) is 9.89 Å².